The van der Waals surface area contributed by atoms with Gasteiger partial charge >= 0.3 is 0 Å². The van der Waals surface area contributed by atoms with Crippen LogP contribution in [0.2, 0.25) is 0 Å². The zero-order valence-electron chi connectivity index (χ0n) is 1.34. The van der Waals surface area contributed by atoms with Gasteiger partial charge in [0.05, 0.1) is 0 Å². The van der Waals surface area contributed by atoms with E-state index in [-0.39, 0.29) is 88.1 Å². The summed E-state index contributed by atoms with van der Waals surface area (Å²) in [5.41, 5.74) is 0. The molecule has 0 unspecified atom stereocenters. The minimum absolute atomic E-state index is 0. The van der Waals surface area contributed by atoms with Crippen molar-refractivity contribution in [3.63, 3.8) is 0 Å². The predicted octanol–water partition coefficient (Wildman–Crippen LogP) is -0.00750. The summed E-state index contributed by atoms with van der Waals surface area (Å²) in [5, 5.41) is 0. The van der Waals surface area contributed by atoms with Crippen LogP contribution in [0.1, 0.15) is 0 Å². The second-order valence-electron chi connectivity index (χ2n) is 0. The monoisotopic (exact) mass is 337 g/mol. The zero-order chi connectivity index (χ0) is 0. The smallest absolute Gasteiger partial charge is 0 e. The largest absolute Gasteiger partial charge is 0 e. The van der Waals surface area contributed by atoms with Crippen LogP contribution in [0.3, 0.4) is 0 Å². The third kappa shape index (κ3) is 8.84. The molecule has 0 aliphatic heterocycles. The molecule has 0 aliphatic rings. The molecular formula is Fe3Tm. The molecule has 0 aromatic rings. The Balaban J connectivity index is 0. The average molecular weight is 336 g/mol. The Bertz CT molecular complexity index is 3.25. The number of hydrogen-bond donors (Lipinski definition) is 0. The Hall–Kier alpha value is 2.79. The van der Waals surface area contributed by atoms with Gasteiger partial charge in [-0.05, 0) is 0 Å². The van der Waals surface area contributed by atoms with E-state index in [4.69, 9.17) is 0 Å². The van der Waals surface area contributed by atoms with Crippen molar-refractivity contribution in [1.29, 1.82) is 0 Å². The molecule has 0 atom stereocenters. The Morgan fingerprint density at radius 3 is 0.500 bits per heavy atom. The summed E-state index contributed by atoms with van der Waals surface area (Å²) in [4.78, 5) is 0. The Morgan fingerprint density at radius 2 is 0.500 bits per heavy atom. The summed E-state index contributed by atoms with van der Waals surface area (Å²) in [6, 6.07) is 0. The van der Waals surface area contributed by atoms with Crippen molar-refractivity contribution in [3.05, 3.63) is 0 Å². The molecule has 0 rings (SSSR count). The van der Waals surface area contributed by atoms with Crippen molar-refractivity contribution in [2.75, 3.05) is 0 Å². The summed E-state index contributed by atoms with van der Waals surface area (Å²) in [6.45, 7) is 0. The van der Waals surface area contributed by atoms with Gasteiger partial charge in [0.1, 0.15) is 0 Å². The first kappa shape index (κ1) is 29.2. The quantitative estimate of drug-likeness (QED) is 0.546. The van der Waals surface area contributed by atoms with Gasteiger partial charge in [0, 0.05) is 88.1 Å². The Kier molecular flexibility index (Phi) is 125. The van der Waals surface area contributed by atoms with Crippen molar-refractivity contribution < 1.29 is 88.1 Å². The van der Waals surface area contributed by atoms with E-state index >= 15 is 0 Å². The zero-order valence-corrected chi connectivity index (χ0v) is 6.43. The van der Waals surface area contributed by atoms with Crippen LogP contribution in [0, 0.1) is 36.9 Å². The van der Waals surface area contributed by atoms with E-state index in [1.807, 2.05) is 0 Å². The van der Waals surface area contributed by atoms with Gasteiger partial charge in [-0.2, -0.15) is 0 Å². The molecule has 4 heteroatoms. The van der Waals surface area contributed by atoms with E-state index in [1.165, 1.54) is 0 Å². The molecule has 0 saturated carbocycles. The molecule has 0 aliphatic carbocycles. The van der Waals surface area contributed by atoms with Gasteiger partial charge < -0.3 is 0 Å². The molecule has 0 N–H and O–H groups in total. The van der Waals surface area contributed by atoms with Gasteiger partial charge in [-0.3, -0.25) is 0 Å². The third-order valence-electron chi connectivity index (χ3n) is 0. The topological polar surface area (TPSA) is 0 Å². The first-order valence-electron chi connectivity index (χ1n) is 0. The molecule has 0 saturated heterocycles. The van der Waals surface area contributed by atoms with Gasteiger partial charge in [0.15, 0.2) is 0 Å². The maximum atomic E-state index is 0. The van der Waals surface area contributed by atoms with Crippen LogP contribution in [0.4, 0.5) is 0 Å². The van der Waals surface area contributed by atoms with Crippen molar-refractivity contribution >= 4 is 0 Å². The minimum atomic E-state index is 0. The van der Waals surface area contributed by atoms with Crippen LogP contribution < -0.4 is 0 Å². The van der Waals surface area contributed by atoms with E-state index in [1.54, 1.807) is 0 Å². The molecule has 0 heterocycles. The van der Waals surface area contributed by atoms with Crippen LogP contribution >= 0.6 is 0 Å². The van der Waals surface area contributed by atoms with Crippen LogP contribution in [-0.2, 0) is 51.2 Å². The van der Waals surface area contributed by atoms with Crippen molar-refractivity contribution in [1.82, 2.24) is 0 Å². The summed E-state index contributed by atoms with van der Waals surface area (Å²) >= 11 is 0. The minimum Gasteiger partial charge on any atom is 0 e. The molecule has 1 radical (unpaired) electrons. The first-order chi connectivity index (χ1) is 0. The predicted molar refractivity (Wildman–Crippen MR) is 0 cm³/mol. The van der Waals surface area contributed by atoms with Gasteiger partial charge in [0.2, 0.25) is 0 Å². The summed E-state index contributed by atoms with van der Waals surface area (Å²) < 4.78 is 0. The van der Waals surface area contributed by atoms with Gasteiger partial charge in [-0.25, -0.2) is 0 Å². The first-order valence-corrected chi connectivity index (χ1v) is 0. The second kappa shape index (κ2) is 17.1. The van der Waals surface area contributed by atoms with Crippen LogP contribution in [0.15, 0.2) is 0 Å². The molecule has 0 fully saturated rings. The van der Waals surface area contributed by atoms with E-state index in [2.05, 4.69) is 0 Å². The summed E-state index contributed by atoms with van der Waals surface area (Å²) in [5.74, 6) is 0. The summed E-state index contributed by atoms with van der Waals surface area (Å²) in [7, 11) is 0. The summed E-state index contributed by atoms with van der Waals surface area (Å²) in [6.07, 6.45) is 0. The van der Waals surface area contributed by atoms with Gasteiger partial charge in [-0.1, -0.05) is 0 Å². The van der Waals surface area contributed by atoms with Crippen LogP contribution in [0.5, 0.6) is 0 Å². The maximum absolute atomic E-state index is 0. The molecule has 0 spiro atoms. The van der Waals surface area contributed by atoms with E-state index in [9.17, 15) is 0 Å². The molecule has 4 heavy (non-hydrogen) atoms. The molecule has 0 aromatic heterocycles. The van der Waals surface area contributed by atoms with Crippen molar-refractivity contribution in [2.45, 2.75) is 0 Å². The normalized spacial score (nSPS) is 0. The standard InChI is InChI=1S/3Fe.Tm. The third-order valence-corrected chi connectivity index (χ3v) is 0. The molecule has 0 aromatic carbocycles. The van der Waals surface area contributed by atoms with Gasteiger partial charge in [-0.15, -0.1) is 0 Å². The van der Waals surface area contributed by atoms with Gasteiger partial charge in [0.25, 0.3) is 0 Å². The number of rotatable bonds is 0. The fraction of sp³-hybridized carbons (Fsp3) is 0. The van der Waals surface area contributed by atoms with E-state index in [0.717, 1.165) is 0 Å². The fourth-order valence-corrected chi connectivity index (χ4v) is 0. The SMILES string of the molecule is [Fe].[Fe].[Fe].[Tm]. The van der Waals surface area contributed by atoms with E-state index < -0.39 is 0 Å². The average Bonchev–Trinajstić information content (AvgIpc) is 0. The van der Waals surface area contributed by atoms with Crippen LogP contribution in [0.25, 0.3) is 0 Å². The molecule has 37 valence electrons. The molecule has 0 nitrogen and oxygen atoms in total. The molecule has 0 amide bonds. The van der Waals surface area contributed by atoms with Crippen molar-refractivity contribution in [2.24, 2.45) is 0 Å². The fourth-order valence-electron chi connectivity index (χ4n) is 0. The Labute approximate surface area is 86.5 Å². The molecular weight excluding hydrogens is 336 g/mol. The Morgan fingerprint density at radius 1 is 0.500 bits per heavy atom. The van der Waals surface area contributed by atoms with E-state index in [0.29, 0.717) is 0 Å². The van der Waals surface area contributed by atoms with Crippen LogP contribution in [-0.4, -0.2) is 0 Å². The maximum Gasteiger partial charge on any atom is 0 e. The van der Waals surface area contributed by atoms with Crippen molar-refractivity contribution in [3.8, 4) is 0 Å². The second-order valence-corrected chi connectivity index (χ2v) is 0. The molecule has 0 bridgehead atoms. The number of hydrogen-bond acceptors (Lipinski definition) is 0.